The van der Waals surface area contributed by atoms with Crippen LogP contribution in [0, 0.1) is 17.6 Å². The van der Waals surface area contributed by atoms with E-state index in [9.17, 15) is 13.6 Å². The maximum Gasteiger partial charge on any atom is 0.229 e. The molecule has 27 heavy (non-hydrogen) atoms. The molecule has 1 saturated heterocycles. The van der Waals surface area contributed by atoms with E-state index in [0.29, 0.717) is 13.0 Å². The predicted octanol–water partition coefficient (Wildman–Crippen LogP) is 3.46. The van der Waals surface area contributed by atoms with E-state index < -0.39 is 11.6 Å². The highest BCUT2D eigenvalue weighted by Crippen LogP contribution is 2.28. The SMILES string of the molecule is O=C(Nc1ccc(F)cc1F)[C@H]1CCCN(c2nnc(-n3cccc3)s2)C1. The van der Waals surface area contributed by atoms with Crippen molar-refractivity contribution in [2.24, 2.45) is 5.92 Å². The molecular weight excluding hydrogens is 372 g/mol. The molecule has 3 aromatic rings. The van der Waals surface area contributed by atoms with Gasteiger partial charge in [-0.05, 0) is 37.1 Å². The van der Waals surface area contributed by atoms with E-state index in [1.165, 1.54) is 17.4 Å². The average molecular weight is 389 g/mol. The third-order valence-corrected chi connectivity index (χ3v) is 5.48. The second-order valence-electron chi connectivity index (χ2n) is 6.36. The van der Waals surface area contributed by atoms with Crippen molar-refractivity contribution in [3.05, 3.63) is 54.4 Å². The Morgan fingerprint density at radius 3 is 2.74 bits per heavy atom. The Hall–Kier alpha value is -2.81. The quantitative estimate of drug-likeness (QED) is 0.742. The number of hydrogen-bond acceptors (Lipinski definition) is 5. The van der Waals surface area contributed by atoms with Crippen LogP contribution in [0.3, 0.4) is 0 Å². The fourth-order valence-corrected chi connectivity index (χ4v) is 3.94. The molecule has 1 aliphatic rings. The van der Waals surface area contributed by atoms with E-state index >= 15 is 0 Å². The summed E-state index contributed by atoms with van der Waals surface area (Å²) in [5.74, 6) is -2.04. The number of halogens is 2. The third-order valence-electron chi connectivity index (χ3n) is 4.48. The van der Waals surface area contributed by atoms with Crippen molar-refractivity contribution in [2.45, 2.75) is 12.8 Å². The molecule has 0 bridgehead atoms. The van der Waals surface area contributed by atoms with Crippen LogP contribution in [0.5, 0.6) is 0 Å². The van der Waals surface area contributed by atoms with Gasteiger partial charge in [0.05, 0.1) is 11.6 Å². The summed E-state index contributed by atoms with van der Waals surface area (Å²) in [6.45, 7) is 1.27. The van der Waals surface area contributed by atoms with Crippen molar-refractivity contribution in [3.63, 3.8) is 0 Å². The molecule has 1 N–H and O–H groups in total. The molecule has 1 aliphatic heterocycles. The van der Waals surface area contributed by atoms with Crippen molar-refractivity contribution in [1.82, 2.24) is 14.8 Å². The number of piperidine rings is 1. The first kappa shape index (κ1) is 17.6. The first-order chi connectivity index (χ1) is 13.1. The van der Waals surface area contributed by atoms with E-state index in [-0.39, 0.29) is 17.5 Å². The lowest BCUT2D eigenvalue weighted by atomic mass is 9.97. The molecule has 0 saturated carbocycles. The smallest absolute Gasteiger partial charge is 0.229 e. The number of aromatic nitrogens is 3. The molecule has 1 amide bonds. The summed E-state index contributed by atoms with van der Waals surface area (Å²) in [6.07, 6.45) is 5.32. The lowest BCUT2D eigenvalue weighted by Gasteiger charge is -2.31. The summed E-state index contributed by atoms with van der Waals surface area (Å²) in [7, 11) is 0. The number of carbonyl (C=O) groups is 1. The Morgan fingerprint density at radius 1 is 1.19 bits per heavy atom. The topological polar surface area (TPSA) is 63.1 Å². The van der Waals surface area contributed by atoms with E-state index in [1.54, 1.807) is 0 Å². The molecule has 0 radical (unpaired) electrons. The van der Waals surface area contributed by atoms with Crippen molar-refractivity contribution >= 4 is 28.1 Å². The van der Waals surface area contributed by atoms with Gasteiger partial charge in [-0.25, -0.2) is 8.78 Å². The van der Waals surface area contributed by atoms with Gasteiger partial charge in [0.25, 0.3) is 0 Å². The molecule has 1 aromatic carbocycles. The molecule has 0 spiro atoms. The van der Waals surface area contributed by atoms with Crippen LogP contribution in [0.1, 0.15) is 12.8 Å². The number of nitrogens with one attached hydrogen (secondary N) is 1. The lowest BCUT2D eigenvalue weighted by molar-refractivity contribution is -0.120. The highest BCUT2D eigenvalue weighted by molar-refractivity contribution is 7.17. The van der Waals surface area contributed by atoms with Crippen LogP contribution in [0.2, 0.25) is 0 Å². The monoisotopic (exact) mass is 389 g/mol. The normalized spacial score (nSPS) is 17.1. The van der Waals surface area contributed by atoms with Crippen molar-refractivity contribution in [1.29, 1.82) is 0 Å². The second-order valence-corrected chi connectivity index (χ2v) is 7.29. The Labute approximate surface area is 158 Å². The molecular formula is C18H17F2N5OS. The third kappa shape index (κ3) is 3.82. The van der Waals surface area contributed by atoms with Gasteiger partial charge in [-0.3, -0.25) is 9.36 Å². The van der Waals surface area contributed by atoms with Gasteiger partial charge in [0.2, 0.25) is 16.2 Å². The predicted molar refractivity (Wildman–Crippen MR) is 99.2 cm³/mol. The zero-order valence-corrected chi connectivity index (χ0v) is 15.1. The van der Waals surface area contributed by atoms with E-state index in [2.05, 4.69) is 15.5 Å². The second kappa shape index (κ2) is 7.43. The molecule has 0 unspecified atom stereocenters. The molecule has 140 valence electrons. The minimum atomic E-state index is -0.781. The van der Waals surface area contributed by atoms with Gasteiger partial charge in [0.1, 0.15) is 11.6 Å². The van der Waals surface area contributed by atoms with Crippen LogP contribution in [-0.4, -0.2) is 33.8 Å². The largest absolute Gasteiger partial charge is 0.346 e. The van der Waals surface area contributed by atoms with Crippen molar-refractivity contribution in [3.8, 4) is 5.13 Å². The fourth-order valence-electron chi connectivity index (χ4n) is 3.09. The minimum absolute atomic E-state index is 0.00988. The van der Waals surface area contributed by atoms with Crippen molar-refractivity contribution in [2.75, 3.05) is 23.3 Å². The zero-order chi connectivity index (χ0) is 18.8. The van der Waals surface area contributed by atoms with E-state index in [4.69, 9.17) is 0 Å². The number of nitrogens with zero attached hydrogens (tertiary/aromatic N) is 4. The highest BCUT2D eigenvalue weighted by atomic mass is 32.1. The van der Waals surface area contributed by atoms with Crippen LogP contribution < -0.4 is 10.2 Å². The summed E-state index contributed by atoms with van der Waals surface area (Å²) in [5, 5.41) is 12.5. The molecule has 1 atom stereocenters. The van der Waals surface area contributed by atoms with Crippen LogP contribution in [0.4, 0.5) is 19.6 Å². The van der Waals surface area contributed by atoms with Gasteiger partial charge in [-0.2, -0.15) is 0 Å². The number of hydrogen-bond donors (Lipinski definition) is 1. The highest BCUT2D eigenvalue weighted by Gasteiger charge is 2.28. The number of anilines is 2. The van der Waals surface area contributed by atoms with Gasteiger partial charge < -0.3 is 10.2 Å². The number of rotatable bonds is 4. The van der Waals surface area contributed by atoms with Gasteiger partial charge in [-0.15, -0.1) is 10.2 Å². The molecule has 1 fully saturated rings. The standard InChI is InChI=1S/C18H17F2N5OS/c19-13-5-6-15(14(20)10-13)21-16(26)12-4-3-9-25(11-12)18-23-22-17(27-18)24-7-1-2-8-24/h1-2,5-8,10,12H,3-4,9,11H2,(H,21,26)/t12-/m0/s1. The molecule has 4 rings (SSSR count). The maximum absolute atomic E-state index is 13.8. The Balaban J connectivity index is 1.44. The molecule has 2 aromatic heterocycles. The van der Waals surface area contributed by atoms with Gasteiger partial charge in [0.15, 0.2) is 0 Å². The summed E-state index contributed by atoms with van der Waals surface area (Å²) < 4.78 is 28.7. The summed E-state index contributed by atoms with van der Waals surface area (Å²) in [4.78, 5) is 14.6. The van der Waals surface area contributed by atoms with Gasteiger partial charge >= 0.3 is 0 Å². The maximum atomic E-state index is 13.8. The Morgan fingerprint density at radius 2 is 1.96 bits per heavy atom. The average Bonchev–Trinajstić information content (AvgIpc) is 3.35. The first-order valence-electron chi connectivity index (χ1n) is 8.58. The molecule has 9 heteroatoms. The van der Waals surface area contributed by atoms with Crippen LogP contribution in [-0.2, 0) is 4.79 Å². The van der Waals surface area contributed by atoms with Gasteiger partial charge in [0, 0.05) is 31.5 Å². The molecule has 6 nitrogen and oxygen atoms in total. The summed E-state index contributed by atoms with van der Waals surface area (Å²) in [5.41, 5.74) is -0.00988. The number of carbonyl (C=O) groups excluding carboxylic acids is 1. The van der Waals surface area contributed by atoms with Crippen LogP contribution >= 0.6 is 11.3 Å². The Bertz CT molecular complexity index is 943. The first-order valence-corrected chi connectivity index (χ1v) is 9.39. The number of benzene rings is 1. The number of amides is 1. The van der Waals surface area contributed by atoms with E-state index in [1.807, 2.05) is 34.0 Å². The molecule has 3 heterocycles. The fraction of sp³-hybridized carbons (Fsp3) is 0.278. The van der Waals surface area contributed by atoms with E-state index in [0.717, 1.165) is 35.4 Å². The lowest BCUT2D eigenvalue weighted by Crippen LogP contribution is -2.40. The zero-order valence-electron chi connectivity index (χ0n) is 14.3. The molecule has 0 aliphatic carbocycles. The van der Waals surface area contributed by atoms with Crippen molar-refractivity contribution < 1.29 is 13.6 Å². The summed E-state index contributed by atoms with van der Waals surface area (Å²) in [6, 6.07) is 6.94. The van der Waals surface area contributed by atoms with Crippen LogP contribution in [0.15, 0.2) is 42.7 Å². The Kier molecular flexibility index (Phi) is 4.85. The van der Waals surface area contributed by atoms with Crippen LogP contribution in [0.25, 0.3) is 5.13 Å². The minimum Gasteiger partial charge on any atom is -0.346 e. The van der Waals surface area contributed by atoms with Gasteiger partial charge in [-0.1, -0.05) is 11.3 Å². The summed E-state index contributed by atoms with van der Waals surface area (Å²) >= 11 is 1.45.